The summed E-state index contributed by atoms with van der Waals surface area (Å²) < 4.78 is 8.77. The normalized spacial score (nSPS) is 22.1. The average Bonchev–Trinajstić information content (AvgIpc) is 3.36. The van der Waals surface area contributed by atoms with Crippen molar-refractivity contribution in [1.82, 2.24) is 19.1 Å². The standard InChI is InChI=1S/C26H28N4O4/c1-34-26(11-5-9-21(17-26)20-7-3-2-4-8-20)24(32)28-15-12-25(33,13-16-28)18-29-19-27-30-14-6-10-22(30)23(29)31/h2-11,14,19,33H,12-13,15-18H2,1H3. The molecule has 1 saturated heterocycles. The average molecular weight is 461 g/mol. The van der Waals surface area contributed by atoms with E-state index in [1.165, 1.54) is 15.4 Å². The van der Waals surface area contributed by atoms with E-state index in [9.17, 15) is 14.7 Å². The SMILES string of the molecule is COC1(C(=O)N2CCC(O)(Cn3cnn4cccc4c3=O)CC2)C=CC=C(c2ccccc2)C1. The summed E-state index contributed by atoms with van der Waals surface area (Å²) in [6.07, 6.45) is 10.1. The van der Waals surface area contributed by atoms with Crippen LogP contribution in [-0.2, 0) is 16.1 Å². The summed E-state index contributed by atoms with van der Waals surface area (Å²) in [4.78, 5) is 28.1. The Balaban J connectivity index is 1.28. The Kier molecular flexibility index (Phi) is 5.71. The fourth-order valence-corrected chi connectivity index (χ4v) is 4.89. The zero-order valence-electron chi connectivity index (χ0n) is 19.1. The molecule has 0 spiro atoms. The van der Waals surface area contributed by atoms with E-state index in [-0.39, 0.29) is 18.0 Å². The summed E-state index contributed by atoms with van der Waals surface area (Å²) in [5.41, 5.74) is 0.207. The lowest BCUT2D eigenvalue weighted by molar-refractivity contribution is -0.153. The van der Waals surface area contributed by atoms with Crippen LogP contribution in [0.25, 0.3) is 11.1 Å². The minimum atomic E-state index is -1.09. The second-order valence-electron chi connectivity index (χ2n) is 9.11. The molecule has 8 nitrogen and oxygen atoms in total. The van der Waals surface area contributed by atoms with Crippen LogP contribution in [0.4, 0.5) is 0 Å². The molecule has 8 heteroatoms. The molecule has 2 aliphatic rings. The number of methoxy groups -OCH3 is 1. The molecule has 1 aliphatic carbocycles. The summed E-state index contributed by atoms with van der Waals surface area (Å²) in [5.74, 6) is -0.108. The lowest BCUT2D eigenvalue weighted by atomic mass is 9.84. The van der Waals surface area contributed by atoms with Crippen LogP contribution in [0.15, 0.2) is 78.0 Å². The topological polar surface area (TPSA) is 89.1 Å². The maximum atomic E-state index is 13.6. The third kappa shape index (κ3) is 3.99. The molecule has 0 radical (unpaired) electrons. The zero-order chi connectivity index (χ0) is 23.8. The lowest BCUT2D eigenvalue weighted by Crippen LogP contribution is -2.55. The van der Waals surface area contributed by atoms with Crippen LogP contribution in [0.1, 0.15) is 24.8 Å². The Hall–Kier alpha value is -3.49. The van der Waals surface area contributed by atoms with E-state index in [2.05, 4.69) is 5.10 Å². The number of hydrogen-bond acceptors (Lipinski definition) is 5. The maximum Gasteiger partial charge on any atom is 0.277 e. The zero-order valence-corrected chi connectivity index (χ0v) is 19.1. The number of likely N-dealkylation sites (tertiary alicyclic amines) is 1. The molecular formula is C26H28N4O4. The highest BCUT2D eigenvalue weighted by Crippen LogP contribution is 2.35. The minimum absolute atomic E-state index is 0.108. The van der Waals surface area contributed by atoms with E-state index in [0.717, 1.165) is 11.1 Å². The van der Waals surface area contributed by atoms with Crippen molar-refractivity contribution in [3.63, 3.8) is 0 Å². The Labute approximate surface area is 197 Å². The number of hydrogen-bond donors (Lipinski definition) is 1. The summed E-state index contributed by atoms with van der Waals surface area (Å²) in [6, 6.07) is 13.4. The van der Waals surface area contributed by atoms with Crippen molar-refractivity contribution in [2.45, 2.75) is 37.0 Å². The Morgan fingerprint density at radius 2 is 1.91 bits per heavy atom. The van der Waals surface area contributed by atoms with Crippen LogP contribution < -0.4 is 5.56 Å². The monoisotopic (exact) mass is 460 g/mol. The van der Waals surface area contributed by atoms with Gasteiger partial charge in [-0.2, -0.15) is 5.10 Å². The van der Waals surface area contributed by atoms with Gasteiger partial charge < -0.3 is 14.7 Å². The third-order valence-corrected chi connectivity index (χ3v) is 6.96. The van der Waals surface area contributed by atoms with Gasteiger partial charge in [0.25, 0.3) is 11.5 Å². The molecule has 1 N–H and O–H groups in total. The summed E-state index contributed by atoms with van der Waals surface area (Å²) in [7, 11) is 1.56. The third-order valence-electron chi connectivity index (χ3n) is 6.96. The summed E-state index contributed by atoms with van der Waals surface area (Å²) in [5, 5.41) is 15.4. The first-order chi connectivity index (χ1) is 16.4. The van der Waals surface area contributed by atoms with Crippen LogP contribution in [0, 0.1) is 0 Å². The van der Waals surface area contributed by atoms with Gasteiger partial charge in [-0.3, -0.25) is 14.2 Å². The molecule has 2 aromatic heterocycles. The fourth-order valence-electron chi connectivity index (χ4n) is 4.89. The molecule has 176 valence electrons. The van der Waals surface area contributed by atoms with E-state index in [1.54, 1.807) is 30.3 Å². The van der Waals surface area contributed by atoms with Crippen molar-refractivity contribution < 1.29 is 14.6 Å². The van der Waals surface area contributed by atoms with E-state index < -0.39 is 11.2 Å². The van der Waals surface area contributed by atoms with Gasteiger partial charge in [0.1, 0.15) is 11.8 Å². The number of aliphatic hydroxyl groups is 1. The number of benzene rings is 1. The van der Waals surface area contributed by atoms with Crippen molar-refractivity contribution in [1.29, 1.82) is 0 Å². The number of aromatic nitrogens is 3. The van der Waals surface area contributed by atoms with Crippen molar-refractivity contribution in [2.75, 3.05) is 20.2 Å². The Morgan fingerprint density at radius 1 is 1.15 bits per heavy atom. The fraction of sp³-hybridized carbons (Fsp3) is 0.346. The molecule has 1 unspecified atom stereocenters. The molecule has 1 amide bonds. The summed E-state index contributed by atoms with van der Waals surface area (Å²) >= 11 is 0. The highest BCUT2D eigenvalue weighted by atomic mass is 16.5. The molecule has 5 rings (SSSR count). The quantitative estimate of drug-likeness (QED) is 0.631. The number of nitrogens with zero attached hydrogens (tertiary/aromatic N) is 4. The van der Waals surface area contributed by atoms with Crippen LogP contribution >= 0.6 is 0 Å². The van der Waals surface area contributed by atoms with E-state index in [4.69, 9.17) is 4.74 Å². The molecule has 1 fully saturated rings. The largest absolute Gasteiger partial charge is 0.388 e. The number of carbonyl (C=O) groups excluding carboxylic acids is 1. The number of ether oxygens (including phenoxy) is 1. The predicted octanol–water partition coefficient (Wildman–Crippen LogP) is 2.28. The number of carbonyl (C=O) groups is 1. The van der Waals surface area contributed by atoms with Crippen LogP contribution in [0.3, 0.4) is 0 Å². The van der Waals surface area contributed by atoms with Crippen LogP contribution in [0.2, 0.25) is 0 Å². The second-order valence-corrected chi connectivity index (χ2v) is 9.11. The Morgan fingerprint density at radius 3 is 2.65 bits per heavy atom. The van der Waals surface area contributed by atoms with Gasteiger partial charge in [0.15, 0.2) is 5.60 Å². The van der Waals surface area contributed by atoms with Gasteiger partial charge in [0.2, 0.25) is 0 Å². The Bertz CT molecular complexity index is 1320. The molecular weight excluding hydrogens is 432 g/mol. The number of piperidine rings is 1. The summed E-state index contributed by atoms with van der Waals surface area (Å²) in [6.45, 7) is 0.904. The van der Waals surface area contributed by atoms with E-state index in [0.29, 0.717) is 37.9 Å². The van der Waals surface area contributed by atoms with Crippen molar-refractivity contribution in [3.05, 3.63) is 89.1 Å². The first-order valence-corrected chi connectivity index (χ1v) is 11.5. The minimum Gasteiger partial charge on any atom is -0.388 e. The molecule has 0 bridgehead atoms. The van der Waals surface area contributed by atoms with Crippen molar-refractivity contribution >= 4 is 17.0 Å². The number of allylic oxidation sites excluding steroid dienone is 2. The van der Waals surface area contributed by atoms with Crippen molar-refractivity contribution in [2.24, 2.45) is 0 Å². The van der Waals surface area contributed by atoms with Gasteiger partial charge in [-0.25, -0.2) is 4.52 Å². The van der Waals surface area contributed by atoms with Gasteiger partial charge in [-0.1, -0.05) is 42.5 Å². The number of fused-ring (bicyclic) bond motifs is 1. The first-order valence-electron chi connectivity index (χ1n) is 11.5. The first kappa shape index (κ1) is 22.3. The second kappa shape index (κ2) is 8.70. The van der Waals surface area contributed by atoms with E-state index in [1.807, 2.05) is 48.6 Å². The van der Waals surface area contributed by atoms with Crippen LogP contribution in [-0.4, -0.2) is 61.5 Å². The van der Waals surface area contributed by atoms with Gasteiger partial charge in [-0.05, 0) is 42.2 Å². The lowest BCUT2D eigenvalue weighted by Gasteiger charge is -2.42. The molecule has 1 aromatic carbocycles. The molecule has 3 heterocycles. The molecule has 1 aliphatic heterocycles. The van der Waals surface area contributed by atoms with Gasteiger partial charge in [0.05, 0.1) is 12.1 Å². The van der Waals surface area contributed by atoms with Gasteiger partial charge in [0, 0.05) is 32.8 Å². The van der Waals surface area contributed by atoms with E-state index >= 15 is 0 Å². The molecule has 1 atom stereocenters. The van der Waals surface area contributed by atoms with Gasteiger partial charge >= 0.3 is 0 Å². The van der Waals surface area contributed by atoms with Gasteiger partial charge in [-0.15, -0.1) is 0 Å². The number of rotatable bonds is 5. The maximum absolute atomic E-state index is 13.6. The predicted molar refractivity (Wildman–Crippen MR) is 128 cm³/mol. The number of amides is 1. The highest BCUT2D eigenvalue weighted by molar-refractivity contribution is 5.91. The molecule has 0 saturated carbocycles. The highest BCUT2D eigenvalue weighted by Gasteiger charge is 2.44. The molecule has 3 aromatic rings. The van der Waals surface area contributed by atoms with Crippen LogP contribution in [0.5, 0.6) is 0 Å². The van der Waals surface area contributed by atoms with Crippen molar-refractivity contribution in [3.8, 4) is 0 Å². The molecule has 34 heavy (non-hydrogen) atoms. The smallest absolute Gasteiger partial charge is 0.277 e.